The molecule has 25 heavy (non-hydrogen) atoms. The van der Waals surface area contributed by atoms with E-state index in [1.54, 1.807) is 12.1 Å². The zero-order chi connectivity index (χ0) is 18.4. The Hall–Kier alpha value is -2.61. The largest absolute Gasteiger partial charge is 0.416 e. The Kier molecular flexibility index (Phi) is 5.97. The molecule has 8 heteroatoms. The van der Waals surface area contributed by atoms with Crippen LogP contribution in [0.15, 0.2) is 42.6 Å². The van der Waals surface area contributed by atoms with Gasteiger partial charge in [0, 0.05) is 25.0 Å². The van der Waals surface area contributed by atoms with E-state index in [2.05, 4.69) is 15.6 Å². The number of carbonyl (C=O) groups is 1. The minimum atomic E-state index is -4.46. The lowest BCUT2D eigenvalue weighted by Gasteiger charge is -2.11. The lowest BCUT2D eigenvalue weighted by molar-refractivity contribution is -0.137. The summed E-state index contributed by atoms with van der Waals surface area (Å²) in [5.41, 5.74) is -0.479. The van der Waals surface area contributed by atoms with Crippen LogP contribution in [0.5, 0.6) is 0 Å². The van der Waals surface area contributed by atoms with Gasteiger partial charge in [-0.3, -0.25) is 4.79 Å². The Balaban J connectivity index is 1.99. The van der Waals surface area contributed by atoms with Crippen molar-refractivity contribution < 1.29 is 18.0 Å². The molecule has 5 nitrogen and oxygen atoms in total. The molecule has 0 atom stereocenters. The van der Waals surface area contributed by atoms with Crippen LogP contribution in [0, 0.1) is 0 Å². The number of hydrogen-bond donors (Lipinski definition) is 2. The van der Waals surface area contributed by atoms with E-state index in [1.807, 2.05) is 19.0 Å². The van der Waals surface area contributed by atoms with Crippen LogP contribution in [0.25, 0.3) is 0 Å². The summed E-state index contributed by atoms with van der Waals surface area (Å²) in [6, 6.07) is 7.70. The molecular formula is C17H19F3N4O. The summed E-state index contributed by atoms with van der Waals surface area (Å²) < 4.78 is 38.1. The summed E-state index contributed by atoms with van der Waals surface area (Å²) in [7, 11) is 3.91. The number of benzene rings is 1. The van der Waals surface area contributed by atoms with E-state index in [-0.39, 0.29) is 11.3 Å². The third-order valence-corrected chi connectivity index (χ3v) is 3.34. The van der Waals surface area contributed by atoms with Gasteiger partial charge >= 0.3 is 6.18 Å². The third-order valence-electron chi connectivity index (χ3n) is 3.34. The van der Waals surface area contributed by atoms with E-state index in [9.17, 15) is 18.0 Å². The summed E-state index contributed by atoms with van der Waals surface area (Å²) in [4.78, 5) is 18.3. The first-order valence-electron chi connectivity index (χ1n) is 7.59. The van der Waals surface area contributed by atoms with Gasteiger partial charge in [0.25, 0.3) is 5.91 Å². The monoisotopic (exact) mass is 352 g/mol. The predicted molar refractivity (Wildman–Crippen MR) is 90.7 cm³/mol. The van der Waals surface area contributed by atoms with Gasteiger partial charge in [0.1, 0.15) is 5.82 Å². The number of pyridine rings is 1. The second-order valence-corrected chi connectivity index (χ2v) is 5.69. The number of hydrogen-bond acceptors (Lipinski definition) is 4. The summed E-state index contributed by atoms with van der Waals surface area (Å²) in [6.07, 6.45) is -3.08. The number of rotatable bonds is 6. The zero-order valence-electron chi connectivity index (χ0n) is 13.9. The van der Waals surface area contributed by atoms with Crippen LogP contribution in [0.4, 0.5) is 24.7 Å². The second-order valence-electron chi connectivity index (χ2n) is 5.69. The average molecular weight is 352 g/mol. The molecule has 2 N–H and O–H groups in total. The van der Waals surface area contributed by atoms with Crippen molar-refractivity contribution in [2.75, 3.05) is 37.8 Å². The van der Waals surface area contributed by atoms with Gasteiger partial charge < -0.3 is 15.5 Å². The topological polar surface area (TPSA) is 57.3 Å². The van der Waals surface area contributed by atoms with Crippen LogP contribution in [-0.2, 0) is 6.18 Å². The molecule has 0 saturated carbocycles. The SMILES string of the molecule is CN(C)CCNc1ccc(C(=O)Nc2cccc(C(F)(F)F)c2)cn1. The van der Waals surface area contributed by atoms with Crippen molar-refractivity contribution in [3.05, 3.63) is 53.7 Å². The minimum absolute atomic E-state index is 0.0769. The molecule has 1 aromatic carbocycles. The number of nitrogens with one attached hydrogen (secondary N) is 2. The van der Waals surface area contributed by atoms with Gasteiger partial charge in [-0.25, -0.2) is 4.98 Å². The molecule has 2 rings (SSSR count). The Labute approximate surface area is 143 Å². The van der Waals surface area contributed by atoms with Gasteiger partial charge in [0.05, 0.1) is 11.1 Å². The molecule has 0 aliphatic carbocycles. The fraction of sp³-hybridized carbons (Fsp3) is 0.294. The Morgan fingerprint density at radius 3 is 2.56 bits per heavy atom. The molecule has 0 aliphatic heterocycles. The van der Waals surface area contributed by atoms with Gasteiger partial charge in [-0.15, -0.1) is 0 Å². The lowest BCUT2D eigenvalue weighted by atomic mass is 10.2. The van der Waals surface area contributed by atoms with Crippen LogP contribution < -0.4 is 10.6 Å². The molecule has 1 aromatic heterocycles. The van der Waals surface area contributed by atoms with Crippen molar-refractivity contribution in [2.45, 2.75) is 6.18 Å². The van der Waals surface area contributed by atoms with Gasteiger partial charge in [-0.1, -0.05) is 6.07 Å². The fourth-order valence-corrected chi connectivity index (χ4v) is 2.02. The number of nitrogens with zero attached hydrogens (tertiary/aromatic N) is 2. The van der Waals surface area contributed by atoms with Crippen molar-refractivity contribution in [1.82, 2.24) is 9.88 Å². The van der Waals surface area contributed by atoms with Crippen LogP contribution in [0.3, 0.4) is 0 Å². The summed E-state index contributed by atoms with van der Waals surface area (Å²) >= 11 is 0. The molecule has 1 amide bonds. The van der Waals surface area contributed by atoms with Crippen LogP contribution in [0.1, 0.15) is 15.9 Å². The highest BCUT2D eigenvalue weighted by Gasteiger charge is 2.30. The number of alkyl halides is 3. The maximum Gasteiger partial charge on any atom is 0.416 e. The molecule has 0 unspecified atom stereocenters. The molecule has 0 fully saturated rings. The van der Waals surface area contributed by atoms with E-state index >= 15 is 0 Å². The summed E-state index contributed by atoms with van der Waals surface area (Å²) in [5.74, 6) is 0.101. The first-order valence-corrected chi connectivity index (χ1v) is 7.59. The molecule has 0 radical (unpaired) electrons. The zero-order valence-corrected chi connectivity index (χ0v) is 13.9. The van der Waals surface area contributed by atoms with E-state index in [0.717, 1.165) is 18.7 Å². The quantitative estimate of drug-likeness (QED) is 0.837. The molecule has 2 aromatic rings. The van der Waals surface area contributed by atoms with Gasteiger partial charge in [-0.05, 0) is 44.4 Å². The predicted octanol–water partition coefficient (Wildman–Crippen LogP) is 3.33. The van der Waals surface area contributed by atoms with E-state index in [0.29, 0.717) is 12.4 Å². The fourth-order valence-electron chi connectivity index (χ4n) is 2.02. The first kappa shape index (κ1) is 18.7. The van der Waals surface area contributed by atoms with E-state index in [1.165, 1.54) is 18.3 Å². The summed E-state index contributed by atoms with van der Waals surface area (Å²) in [6.45, 7) is 1.54. The van der Waals surface area contributed by atoms with Crippen LogP contribution in [0.2, 0.25) is 0 Å². The molecule has 134 valence electrons. The number of likely N-dealkylation sites (N-methyl/N-ethyl adjacent to an activating group) is 1. The first-order chi connectivity index (χ1) is 11.8. The smallest absolute Gasteiger partial charge is 0.369 e. The highest BCUT2D eigenvalue weighted by molar-refractivity contribution is 6.04. The number of amides is 1. The highest BCUT2D eigenvalue weighted by atomic mass is 19.4. The van der Waals surface area contributed by atoms with Crippen molar-refractivity contribution in [3.8, 4) is 0 Å². The molecule has 0 spiro atoms. The van der Waals surface area contributed by atoms with E-state index in [4.69, 9.17) is 0 Å². The lowest BCUT2D eigenvalue weighted by Crippen LogP contribution is -2.21. The van der Waals surface area contributed by atoms with Gasteiger partial charge in [-0.2, -0.15) is 13.2 Å². The van der Waals surface area contributed by atoms with Crippen molar-refractivity contribution >= 4 is 17.4 Å². The van der Waals surface area contributed by atoms with E-state index < -0.39 is 17.6 Å². The molecular weight excluding hydrogens is 333 g/mol. The molecule has 1 heterocycles. The van der Waals surface area contributed by atoms with Gasteiger partial charge in [0.2, 0.25) is 0 Å². The third kappa shape index (κ3) is 5.75. The normalized spacial score (nSPS) is 11.4. The van der Waals surface area contributed by atoms with Gasteiger partial charge in [0.15, 0.2) is 0 Å². The maximum atomic E-state index is 12.7. The van der Waals surface area contributed by atoms with Crippen molar-refractivity contribution in [3.63, 3.8) is 0 Å². The van der Waals surface area contributed by atoms with Crippen molar-refractivity contribution in [1.29, 1.82) is 0 Å². The average Bonchev–Trinajstić information content (AvgIpc) is 2.54. The number of halogens is 3. The highest BCUT2D eigenvalue weighted by Crippen LogP contribution is 2.30. The number of anilines is 2. The van der Waals surface area contributed by atoms with Crippen LogP contribution in [-0.4, -0.2) is 43.0 Å². The molecule has 0 aliphatic rings. The minimum Gasteiger partial charge on any atom is -0.369 e. The Morgan fingerprint density at radius 2 is 1.96 bits per heavy atom. The molecule has 0 bridgehead atoms. The number of carbonyl (C=O) groups excluding carboxylic acids is 1. The summed E-state index contributed by atoms with van der Waals surface area (Å²) in [5, 5.41) is 5.55. The Morgan fingerprint density at radius 1 is 1.20 bits per heavy atom. The number of aromatic nitrogens is 1. The standard InChI is InChI=1S/C17H19F3N4O/c1-24(2)9-8-21-15-7-6-12(11-22-15)16(25)23-14-5-3-4-13(10-14)17(18,19)20/h3-7,10-11H,8-9H2,1-2H3,(H,21,22)(H,23,25). The van der Waals surface area contributed by atoms with Crippen LogP contribution >= 0.6 is 0 Å². The maximum absolute atomic E-state index is 12.7. The Bertz CT molecular complexity index is 715. The van der Waals surface area contributed by atoms with Crippen molar-refractivity contribution in [2.24, 2.45) is 0 Å². The second kappa shape index (κ2) is 7.98. The molecule has 0 saturated heterocycles.